The van der Waals surface area contributed by atoms with Gasteiger partial charge >= 0.3 is 0 Å². The first-order valence-electron chi connectivity index (χ1n) is 9.35. The van der Waals surface area contributed by atoms with Crippen molar-refractivity contribution in [3.05, 3.63) is 58.6 Å². The number of hydrogen-bond donors (Lipinski definition) is 1. The van der Waals surface area contributed by atoms with Crippen LogP contribution in [0.1, 0.15) is 18.4 Å². The predicted molar refractivity (Wildman–Crippen MR) is 106 cm³/mol. The summed E-state index contributed by atoms with van der Waals surface area (Å²) < 4.78 is 61.2. The number of sulfone groups is 1. The zero-order chi connectivity index (χ0) is 21.7. The number of amides is 1. The van der Waals surface area contributed by atoms with E-state index in [1.807, 2.05) is 0 Å². The zero-order valence-electron chi connectivity index (χ0n) is 15.8. The van der Waals surface area contributed by atoms with Gasteiger partial charge in [0.2, 0.25) is 5.91 Å². The highest BCUT2D eigenvalue weighted by Gasteiger charge is 2.61. The van der Waals surface area contributed by atoms with Gasteiger partial charge in [-0.25, -0.2) is 17.2 Å². The van der Waals surface area contributed by atoms with Gasteiger partial charge in [-0.1, -0.05) is 11.6 Å². The third-order valence-corrected chi connectivity index (χ3v) is 8.61. The van der Waals surface area contributed by atoms with E-state index in [0.29, 0.717) is 5.02 Å². The Morgan fingerprint density at radius 2 is 1.87 bits per heavy atom. The van der Waals surface area contributed by atoms with Crippen molar-refractivity contribution in [1.29, 1.82) is 0 Å². The third kappa shape index (κ3) is 2.91. The molecule has 0 aliphatic carbocycles. The summed E-state index contributed by atoms with van der Waals surface area (Å²) >= 11 is 5.90. The number of halogens is 3. The Kier molecular flexibility index (Phi) is 5.24. The predicted octanol–water partition coefficient (Wildman–Crippen LogP) is 2.63. The van der Waals surface area contributed by atoms with Crippen LogP contribution in [0.3, 0.4) is 0 Å². The van der Waals surface area contributed by atoms with E-state index in [-0.39, 0.29) is 43.0 Å². The van der Waals surface area contributed by atoms with Crippen molar-refractivity contribution in [1.82, 2.24) is 4.90 Å². The Morgan fingerprint density at radius 3 is 2.53 bits per heavy atom. The second kappa shape index (κ2) is 7.47. The van der Waals surface area contributed by atoms with Crippen molar-refractivity contribution >= 4 is 27.3 Å². The molecule has 0 spiro atoms. The maximum Gasteiger partial charge on any atom is 0.236 e. The van der Waals surface area contributed by atoms with Crippen molar-refractivity contribution in [2.75, 3.05) is 19.7 Å². The molecule has 2 atom stereocenters. The fourth-order valence-electron chi connectivity index (χ4n) is 4.52. The van der Waals surface area contributed by atoms with Gasteiger partial charge in [-0.2, -0.15) is 0 Å². The van der Waals surface area contributed by atoms with E-state index in [1.165, 1.54) is 29.2 Å². The Balaban J connectivity index is 2.04. The molecule has 0 radical (unpaired) electrons. The smallest absolute Gasteiger partial charge is 0.236 e. The van der Waals surface area contributed by atoms with Gasteiger partial charge in [-0.15, -0.1) is 0 Å². The van der Waals surface area contributed by atoms with E-state index in [0.717, 1.165) is 12.1 Å². The molecule has 1 saturated heterocycles. The summed E-state index contributed by atoms with van der Waals surface area (Å²) in [6, 6.07) is 6.17. The van der Waals surface area contributed by atoms with Crippen LogP contribution in [0, 0.1) is 11.6 Å². The second-order valence-electron chi connectivity index (χ2n) is 7.30. The second-order valence-corrected chi connectivity index (χ2v) is 9.95. The third-order valence-electron chi connectivity index (χ3n) is 5.83. The lowest BCUT2D eigenvalue weighted by atomic mass is 9.80. The number of carbonyl (C=O) groups is 1. The Labute approximate surface area is 177 Å². The molecule has 4 rings (SSSR count). The fourth-order valence-corrected chi connectivity index (χ4v) is 6.99. The number of fused-ring (bicyclic) bond motifs is 3. The molecule has 2 aliphatic heterocycles. The Bertz CT molecular complexity index is 1110. The minimum atomic E-state index is -4.31. The number of hydrogen-bond acceptors (Lipinski definition) is 5. The normalized spacial score (nSPS) is 23.3. The van der Waals surface area contributed by atoms with Gasteiger partial charge in [0.25, 0.3) is 0 Å². The number of nitrogens with zero attached hydrogens (tertiary/aromatic N) is 1. The number of ether oxygens (including phenoxy) is 1. The molecule has 0 aromatic heterocycles. The van der Waals surface area contributed by atoms with Gasteiger partial charge in [0.1, 0.15) is 17.2 Å². The molecular formula is C20H19ClF2N2O4S. The summed E-state index contributed by atoms with van der Waals surface area (Å²) in [6.07, 6.45) is 0.262. The average molecular weight is 457 g/mol. The number of nitrogens with two attached hydrogens (primary N) is 1. The maximum atomic E-state index is 15.1. The molecule has 0 saturated carbocycles. The quantitative estimate of drug-likeness (QED) is 0.766. The van der Waals surface area contributed by atoms with Gasteiger partial charge < -0.3 is 15.4 Å². The van der Waals surface area contributed by atoms with Gasteiger partial charge in [-0.05, 0) is 49.2 Å². The Morgan fingerprint density at radius 1 is 1.20 bits per heavy atom. The topological polar surface area (TPSA) is 89.7 Å². The molecule has 2 aliphatic rings. The highest BCUT2D eigenvalue weighted by Crippen LogP contribution is 2.53. The summed E-state index contributed by atoms with van der Waals surface area (Å²) in [5, 5.41) is 0.330. The van der Waals surface area contributed by atoms with Crippen LogP contribution in [-0.2, 0) is 19.4 Å². The van der Waals surface area contributed by atoms with E-state index < -0.39 is 43.9 Å². The average Bonchev–Trinajstić information content (AvgIpc) is 2.74. The summed E-state index contributed by atoms with van der Waals surface area (Å²) in [6.45, 7) is -0.397. The largest absolute Gasteiger partial charge is 0.488 e. The number of piperidine rings is 1. The molecule has 30 heavy (non-hydrogen) atoms. The molecule has 0 unspecified atom stereocenters. The first-order chi connectivity index (χ1) is 14.2. The van der Waals surface area contributed by atoms with Crippen LogP contribution in [0.5, 0.6) is 5.75 Å². The molecule has 1 fully saturated rings. The lowest BCUT2D eigenvalue weighted by Gasteiger charge is -2.51. The van der Waals surface area contributed by atoms with E-state index >= 15 is 4.39 Å². The van der Waals surface area contributed by atoms with Gasteiger partial charge in [0.15, 0.2) is 21.4 Å². The molecule has 2 aromatic carbocycles. The number of likely N-dealkylation sites (tertiary alicyclic amines) is 1. The van der Waals surface area contributed by atoms with Crippen LogP contribution in [0.4, 0.5) is 8.78 Å². The summed E-state index contributed by atoms with van der Waals surface area (Å²) in [4.78, 5) is 13.7. The molecule has 2 heterocycles. The first-order valence-corrected chi connectivity index (χ1v) is 11.2. The molecule has 6 nitrogen and oxygen atoms in total. The number of rotatable bonds is 3. The van der Waals surface area contributed by atoms with Crippen molar-refractivity contribution in [2.24, 2.45) is 5.73 Å². The maximum absolute atomic E-state index is 15.1. The highest BCUT2D eigenvalue weighted by atomic mass is 35.5. The lowest BCUT2D eigenvalue weighted by molar-refractivity contribution is -0.136. The van der Waals surface area contributed by atoms with Crippen molar-refractivity contribution in [3.8, 4) is 5.75 Å². The van der Waals surface area contributed by atoms with Crippen LogP contribution < -0.4 is 10.5 Å². The summed E-state index contributed by atoms with van der Waals surface area (Å²) in [5.74, 6) is -2.70. The molecule has 1 amide bonds. The first kappa shape index (κ1) is 21.0. The SMILES string of the molecule is NCC(=O)N1CCC[C@@]2(S(=O)(=O)c3ccc(Cl)cc3)c3c(F)ccc(F)c3OC[C@@H]12. The molecule has 160 valence electrons. The van der Waals surface area contributed by atoms with Gasteiger partial charge in [-0.3, -0.25) is 4.79 Å². The van der Waals surface area contributed by atoms with Crippen molar-refractivity contribution in [3.63, 3.8) is 0 Å². The van der Waals surface area contributed by atoms with Crippen LogP contribution in [-0.4, -0.2) is 45.0 Å². The van der Waals surface area contributed by atoms with E-state index in [9.17, 15) is 17.6 Å². The fraction of sp³-hybridized carbons (Fsp3) is 0.350. The van der Waals surface area contributed by atoms with E-state index in [4.69, 9.17) is 22.1 Å². The van der Waals surface area contributed by atoms with Crippen LogP contribution in [0.15, 0.2) is 41.3 Å². The van der Waals surface area contributed by atoms with Crippen LogP contribution >= 0.6 is 11.6 Å². The monoisotopic (exact) mass is 456 g/mol. The summed E-state index contributed by atoms with van der Waals surface area (Å²) in [7, 11) is -4.31. The zero-order valence-corrected chi connectivity index (χ0v) is 17.3. The molecular weight excluding hydrogens is 438 g/mol. The number of benzene rings is 2. The van der Waals surface area contributed by atoms with E-state index in [2.05, 4.69) is 0 Å². The van der Waals surface area contributed by atoms with Crippen LogP contribution in [0.2, 0.25) is 5.02 Å². The summed E-state index contributed by atoms with van der Waals surface area (Å²) in [5.41, 5.74) is 5.14. The van der Waals surface area contributed by atoms with Gasteiger partial charge in [0, 0.05) is 11.6 Å². The standard InChI is InChI=1S/C20H19ClF2N2O4S/c21-12-2-4-13(5-3-12)30(27,28)20-8-1-9-25(17(26)10-24)16(20)11-29-19-15(23)7-6-14(22)18(19)20/h2-7,16H,1,8-11,24H2/t16-,20+/m1/s1. The minimum Gasteiger partial charge on any atom is -0.488 e. The lowest BCUT2D eigenvalue weighted by Crippen LogP contribution is -2.65. The van der Waals surface area contributed by atoms with E-state index in [1.54, 1.807) is 0 Å². The molecule has 0 bridgehead atoms. The number of carbonyl (C=O) groups excluding carboxylic acids is 1. The minimum absolute atomic E-state index is 0.00624. The molecule has 2 N–H and O–H groups in total. The van der Waals surface area contributed by atoms with Crippen LogP contribution in [0.25, 0.3) is 0 Å². The molecule has 10 heteroatoms. The Hall–Kier alpha value is -2.23. The van der Waals surface area contributed by atoms with Crippen molar-refractivity contribution in [2.45, 2.75) is 28.5 Å². The molecule has 2 aromatic rings. The van der Waals surface area contributed by atoms with Gasteiger partial charge in [0.05, 0.1) is 23.0 Å². The highest BCUT2D eigenvalue weighted by molar-refractivity contribution is 7.92. The van der Waals surface area contributed by atoms with Crippen molar-refractivity contribution < 1.29 is 26.7 Å².